The SMILES string of the molecule is CC(C)c1cnccc1CC(N)=O. The van der Waals surface area contributed by atoms with Crippen molar-refractivity contribution in [1.29, 1.82) is 0 Å². The largest absolute Gasteiger partial charge is 0.369 e. The molecule has 0 radical (unpaired) electrons. The van der Waals surface area contributed by atoms with Crippen molar-refractivity contribution in [2.45, 2.75) is 26.2 Å². The number of primary amides is 1. The van der Waals surface area contributed by atoms with Gasteiger partial charge in [-0.05, 0) is 23.1 Å². The van der Waals surface area contributed by atoms with Crippen molar-refractivity contribution in [1.82, 2.24) is 4.98 Å². The monoisotopic (exact) mass is 178 g/mol. The molecule has 0 bridgehead atoms. The second kappa shape index (κ2) is 4.03. The Hall–Kier alpha value is -1.38. The summed E-state index contributed by atoms with van der Waals surface area (Å²) in [5.41, 5.74) is 7.22. The molecule has 3 heteroatoms. The van der Waals surface area contributed by atoms with Gasteiger partial charge in [0, 0.05) is 12.4 Å². The summed E-state index contributed by atoms with van der Waals surface area (Å²) in [7, 11) is 0. The van der Waals surface area contributed by atoms with Crippen LogP contribution >= 0.6 is 0 Å². The lowest BCUT2D eigenvalue weighted by Crippen LogP contribution is -2.15. The number of nitrogens with zero attached hydrogens (tertiary/aromatic N) is 1. The van der Waals surface area contributed by atoms with Crippen molar-refractivity contribution in [3.05, 3.63) is 29.6 Å². The molecule has 1 aromatic heterocycles. The Morgan fingerprint density at radius 1 is 1.62 bits per heavy atom. The van der Waals surface area contributed by atoms with Gasteiger partial charge in [-0.1, -0.05) is 13.8 Å². The minimum absolute atomic E-state index is 0.298. The molecule has 0 aliphatic rings. The van der Waals surface area contributed by atoms with E-state index in [0.29, 0.717) is 12.3 Å². The zero-order chi connectivity index (χ0) is 9.84. The lowest BCUT2D eigenvalue weighted by molar-refractivity contribution is -0.117. The molecule has 1 heterocycles. The topological polar surface area (TPSA) is 56.0 Å². The number of pyridine rings is 1. The highest BCUT2D eigenvalue weighted by Crippen LogP contribution is 2.17. The van der Waals surface area contributed by atoms with Gasteiger partial charge in [0.15, 0.2) is 0 Å². The van der Waals surface area contributed by atoms with Gasteiger partial charge in [-0.15, -0.1) is 0 Å². The molecule has 0 saturated heterocycles. The smallest absolute Gasteiger partial charge is 0.221 e. The zero-order valence-electron chi connectivity index (χ0n) is 7.95. The normalized spacial score (nSPS) is 10.4. The minimum Gasteiger partial charge on any atom is -0.369 e. The fraction of sp³-hybridized carbons (Fsp3) is 0.400. The molecule has 0 fully saturated rings. The summed E-state index contributed by atoms with van der Waals surface area (Å²) in [5, 5.41) is 0. The maximum absolute atomic E-state index is 10.7. The van der Waals surface area contributed by atoms with Gasteiger partial charge in [0.25, 0.3) is 0 Å². The summed E-state index contributed by atoms with van der Waals surface area (Å²) >= 11 is 0. The van der Waals surface area contributed by atoms with E-state index in [1.54, 1.807) is 12.4 Å². The molecule has 0 saturated carbocycles. The minimum atomic E-state index is -0.298. The van der Waals surface area contributed by atoms with Crippen molar-refractivity contribution in [2.24, 2.45) is 5.73 Å². The van der Waals surface area contributed by atoms with Crippen LogP contribution in [-0.2, 0) is 11.2 Å². The molecule has 1 aromatic rings. The summed E-state index contributed by atoms with van der Waals surface area (Å²) in [6.07, 6.45) is 3.78. The van der Waals surface area contributed by atoms with Crippen LogP contribution in [-0.4, -0.2) is 10.9 Å². The van der Waals surface area contributed by atoms with E-state index in [9.17, 15) is 4.79 Å². The fourth-order valence-electron chi connectivity index (χ4n) is 1.30. The Kier molecular flexibility index (Phi) is 3.01. The van der Waals surface area contributed by atoms with Crippen molar-refractivity contribution in [3.8, 4) is 0 Å². The average Bonchev–Trinajstić information content (AvgIpc) is 2.03. The number of carbonyl (C=O) groups is 1. The Balaban J connectivity index is 2.97. The first-order valence-corrected chi connectivity index (χ1v) is 4.32. The molecule has 0 unspecified atom stereocenters. The molecule has 2 N–H and O–H groups in total. The van der Waals surface area contributed by atoms with Crippen molar-refractivity contribution in [2.75, 3.05) is 0 Å². The second-order valence-corrected chi connectivity index (χ2v) is 3.37. The molecule has 0 aromatic carbocycles. The van der Waals surface area contributed by atoms with Crippen LogP contribution < -0.4 is 5.73 Å². The summed E-state index contributed by atoms with van der Waals surface area (Å²) < 4.78 is 0. The molecule has 0 aliphatic carbocycles. The highest BCUT2D eigenvalue weighted by atomic mass is 16.1. The van der Waals surface area contributed by atoms with E-state index in [4.69, 9.17) is 5.73 Å². The van der Waals surface area contributed by atoms with Crippen molar-refractivity contribution in [3.63, 3.8) is 0 Å². The third kappa shape index (κ3) is 2.54. The molecule has 1 rings (SSSR count). The Morgan fingerprint density at radius 2 is 2.31 bits per heavy atom. The van der Waals surface area contributed by atoms with Crippen LogP contribution in [0.4, 0.5) is 0 Å². The van der Waals surface area contributed by atoms with Crippen LogP contribution in [0, 0.1) is 0 Å². The van der Waals surface area contributed by atoms with Crippen molar-refractivity contribution >= 4 is 5.91 Å². The van der Waals surface area contributed by atoms with Gasteiger partial charge in [0.1, 0.15) is 0 Å². The predicted octanol–water partition coefficient (Wildman–Crippen LogP) is 1.23. The van der Waals surface area contributed by atoms with E-state index in [0.717, 1.165) is 11.1 Å². The van der Waals surface area contributed by atoms with E-state index in [2.05, 4.69) is 18.8 Å². The Morgan fingerprint density at radius 3 is 2.85 bits per heavy atom. The number of aromatic nitrogens is 1. The average molecular weight is 178 g/mol. The standard InChI is InChI=1S/C10H14N2O/c1-7(2)9-6-12-4-3-8(9)5-10(11)13/h3-4,6-7H,5H2,1-2H3,(H2,11,13). The molecule has 13 heavy (non-hydrogen) atoms. The van der Waals surface area contributed by atoms with Crippen molar-refractivity contribution < 1.29 is 4.79 Å². The lowest BCUT2D eigenvalue weighted by atomic mass is 9.98. The maximum Gasteiger partial charge on any atom is 0.221 e. The van der Waals surface area contributed by atoms with Gasteiger partial charge in [0.2, 0.25) is 5.91 Å². The molecular weight excluding hydrogens is 164 g/mol. The van der Waals surface area contributed by atoms with Crippen LogP contribution in [0.15, 0.2) is 18.5 Å². The van der Waals surface area contributed by atoms with Crippen LogP contribution in [0.2, 0.25) is 0 Å². The number of amides is 1. The predicted molar refractivity (Wildman–Crippen MR) is 51.2 cm³/mol. The van der Waals surface area contributed by atoms with E-state index in [1.807, 2.05) is 6.07 Å². The molecule has 3 nitrogen and oxygen atoms in total. The van der Waals surface area contributed by atoms with Crippen LogP contribution in [0.25, 0.3) is 0 Å². The zero-order valence-corrected chi connectivity index (χ0v) is 7.95. The van der Waals surface area contributed by atoms with Gasteiger partial charge in [-0.3, -0.25) is 9.78 Å². The molecular formula is C10H14N2O. The quantitative estimate of drug-likeness (QED) is 0.756. The summed E-state index contributed by atoms with van der Waals surface area (Å²) in [6.45, 7) is 4.14. The highest BCUT2D eigenvalue weighted by molar-refractivity contribution is 5.76. The molecule has 0 atom stereocenters. The summed E-state index contributed by atoms with van der Waals surface area (Å²) in [6, 6.07) is 1.85. The Labute approximate surface area is 78.0 Å². The van der Waals surface area contributed by atoms with E-state index in [-0.39, 0.29) is 5.91 Å². The van der Waals surface area contributed by atoms with E-state index >= 15 is 0 Å². The van der Waals surface area contributed by atoms with E-state index in [1.165, 1.54) is 0 Å². The van der Waals surface area contributed by atoms with Crippen LogP contribution in [0.3, 0.4) is 0 Å². The molecule has 70 valence electrons. The van der Waals surface area contributed by atoms with Gasteiger partial charge in [-0.2, -0.15) is 0 Å². The van der Waals surface area contributed by atoms with Gasteiger partial charge in [0.05, 0.1) is 6.42 Å². The molecule has 0 aliphatic heterocycles. The third-order valence-corrected chi connectivity index (χ3v) is 1.93. The summed E-state index contributed by atoms with van der Waals surface area (Å²) in [5.74, 6) is 0.0798. The number of hydrogen-bond acceptors (Lipinski definition) is 2. The van der Waals surface area contributed by atoms with Crippen LogP contribution in [0.1, 0.15) is 30.9 Å². The lowest BCUT2D eigenvalue weighted by Gasteiger charge is -2.09. The van der Waals surface area contributed by atoms with Gasteiger partial charge < -0.3 is 5.73 Å². The molecule has 1 amide bonds. The highest BCUT2D eigenvalue weighted by Gasteiger charge is 2.07. The third-order valence-electron chi connectivity index (χ3n) is 1.93. The maximum atomic E-state index is 10.7. The van der Waals surface area contributed by atoms with E-state index < -0.39 is 0 Å². The number of carbonyl (C=O) groups excluding carboxylic acids is 1. The Bertz CT molecular complexity index is 308. The fourth-order valence-corrected chi connectivity index (χ4v) is 1.30. The number of rotatable bonds is 3. The first-order valence-electron chi connectivity index (χ1n) is 4.32. The number of nitrogens with two attached hydrogens (primary N) is 1. The van der Waals surface area contributed by atoms with Gasteiger partial charge in [-0.25, -0.2) is 0 Å². The molecule has 0 spiro atoms. The second-order valence-electron chi connectivity index (χ2n) is 3.37. The first kappa shape index (κ1) is 9.71. The number of hydrogen-bond donors (Lipinski definition) is 1. The van der Waals surface area contributed by atoms with Gasteiger partial charge >= 0.3 is 0 Å². The summed E-state index contributed by atoms with van der Waals surface area (Å²) in [4.78, 5) is 14.8. The first-order chi connectivity index (χ1) is 6.11. The van der Waals surface area contributed by atoms with Crippen LogP contribution in [0.5, 0.6) is 0 Å².